The van der Waals surface area contributed by atoms with Gasteiger partial charge in [0.2, 0.25) is 0 Å². The van der Waals surface area contributed by atoms with Gasteiger partial charge in [-0.2, -0.15) is 0 Å². The van der Waals surface area contributed by atoms with Crippen molar-refractivity contribution in [2.75, 3.05) is 32.8 Å². The lowest BCUT2D eigenvalue weighted by molar-refractivity contribution is -0.135. The third kappa shape index (κ3) is 5.79. The highest BCUT2D eigenvalue weighted by Crippen LogP contribution is 2.09. The maximum absolute atomic E-state index is 10.8. The van der Waals surface area contributed by atoms with E-state index >= 15 is 0 Å². The molecule has 1 aliphatic heterocycles. The molecule has 0 amide bonds. The second-order valence-corrected chi connectivity index (χ2v) is 4.22. The van der Waals surface area contributed by atoms with Gasteiger partial charge in [-0.3, -0.25) is 4.90 Å². The predicted octanol–water partition coefficient (Wildman–Crippen LogP) is 0.585. The zero-order valence-electron chi connectivity index (χ0n) is 10.3. The van der Waals surface area contributed by atoms with Gasteiger partial charge < -0.3 is 14.9 Å². The van der Waals surface area contributed by atoms with Crippen LogP contribution in [0.1, 0.15) is 19.3 Å². The molecule has 1 heterocycles. The molecule has 0 aromatic carbocycles. The SMILES string of the molecule is O=C(O)/C=C(/CCCCN1CCOCC1)C(=O)O. The normalized spacial score (nSPS) is 17.7. The number of unbranched alkanes of at least 4 members (excludes halogenated alkanes) is 1. The summed E-state index contributed by atoms with van der Waals surface area (Å²) in [5.74, 6) is -2.36. The van der Waals surface area contributed by atoms with Gasteiger partial charge in [-0.1, -0.05) is 0 Å². The first-order chi connectivity index (χ1) is 8.59. The van der Waals surface area contributed by atoms with Crippen molar-refractivity contribution in [3.63, 3.8) is 0 Å². The van der Waals surface area contributed by atoms with Crippen LogP contribution in [0.3, 0.4) is 0 Å². The van der Waals surface area contributed by atoms with E-state index in [-0.39, 0.29) is 5.57 Å². The van der Waals surface area contributed by atoms with E-state index < -0.39 is 11.9 Å². The predicted molar refractivity (Wildman–Crippen MR) is 64.5 cm³/mol. The third-order valence-electron chi connectivity index (χ3n) is 2.85. The summed E-state index contributed by atoms with van der Waals surface area (Å²) in [6.45, 7) is 4.23. The van der Waals surface area contributed by atoms with Crippen molar-refractivity contribution >= 4 is 11.9 Å². The minimum atomic E-state index is -1.21. The molecule has 18 heavy (non-hydrogen) atoms. The monoisotopic (exact) mass is 257 g/mol. The smallest absolute Gasteiger partial charge is 0.331 e. The van der Waals surface area contributed by atoms with E-state index in [1.54, 1.807) is 0 Å². The number of hydrogen-bond acceptors (Lipinski definition) is 4. The van der Waals surface area contributed by atoms with Gasteiger partial charge in [-0.05, 0) is 25.8 Å². The number of rotatable bonds is 7. The van der Waals surface area contributed by atoms with Crippen LogP contribution in [0, 0.1) is 0 Å². The van der Waals surface area contributed by atoms with Gasteiger partial charge in [0.15, 0.2) is 0 Å². The fraction of sp³-hybridized carbons (Fsp3) is 0.667. The number of carboxylic acid groups (broad SMARTS) is 2. The van der Waals surface area contributed by atoms with Crippen molar-refractivity contribution in [3.8, 4) is 0 Å². The van der Waals surface area contributed by atoms with E-state index in [0.717, 1.165) is 45.3 Å². The highest BCUT2D eigenvalue weighted by Gasteiger charge is 2.11. The minimum Gasteiger partial charge on any atom is -0.478 e. The average molecular weight is 257 g/mol. The quantitative estimate of drug-likeness (QED) is 0.512. The van der Waals surface area contributed by atoms with Crippen molar-refractivity contribution in [1.29, 1.82) is 0 Å². The molecule has 0 aliphatic carbocycles. The van der Waals surface area contributed by atoms with Crippen molar-refractivity contribution in [2.45, 2.75) is 19.3 Å². The summed E-state index contributed by atoms with van der Waals surface area (Å²) in [7, 11) is 0. The molecule has 0 bridgehead atoms. The lowest BCUT2D eigenvalue weighted by Crippen LogP contribution is -2.36. The third-order valence-corrected chi connectivity index (χ3v) is 2.85. The summed E-state index contributed by atoms with van der Waals surface area (Å²) in [4.78, 5) is 23.5. The van der Waals surface area contributed by atoms with Crippen LogP contribution in [0.2, 0.25) is 0 Å². The number of ether oxygens (including phenoxy) is 1. The van der Waals surface area contributed by atoms with E-state index in [2.05, 4.69) is 4.90 Å². The van der Waals surface area contributed by atoms with Crippen molar-refractivity contribution in [3.05, 3.63) is 11.6 Å². The molecule has 0 aromatic rings. The van der Waals surface area contributed by atoms with Crippen LogP contribution in [0.15, 0.2) is 11.6 Å². The molecule has 1 rings (SSSR count). The Morgan fingerprint density at radius 1 is 1.17 bits per heavy atom. The molecule has 0 unspecified atom stereocenters. The van der Waals surface area contributed by atoms with Gasteiger partial charge in [0, 0.05) is 24.7 Å². The Morgan fingerprint density at radius 3 is 2.39 bits per heavy atom. The Kier molecular flexibility index (Phi) is 6.38. The lowest BCUT2D eigenvalue weighted by atomic mass is 10.1. The average Bonchev–Trinajstić information content (AvgIpc) is 2.33. The maximum atomic E-state index is 10.8. The summed E-state index contributed by atoms with van der Waals surface area (Å²) in [6, 6.07) is 0. The number of nitrogens with zero attached hydrogens (tertiary/aromatic N) is 1. The number of aliphatic carboxylic acids is 2. The van der Waals surface area contributed by atoms with E-state index in [9.17, 15) is 9.59 Å². The Morgan fingerprint density at radius 2 is 1.83 bits per heavy atom. The minimum absolute atomic E-state index is 0.0375. The molecule has 6 nitrogen and oxygen atoms in total. The zero-order chi connectivity index (χ0) is 13.4. The molecular weight excluding hydrogens is 238 g/mol. The zero-order valence-corrected chi connectivity index (χ0v) is 10.3. The molecule has 2 N–H and O–H groups in total. The Balaban J connectivity index is 2.22. The molecule has 1 saturated heterocycles. The standard InChI is InChI=1S/C12H19NO5/c14-11(15)9-10(12(16)17)3-1-2-4-13-5-7-18-8-6-13/h9H,1-8H2,(H,14,15)(H,16,17)/b10-9-. The first-order valence-electron chi connectivity index (χ1n) is 6.06. The fourth-order valence-corrected chi connectivity index (χ4v) is 1.87. The Bertz CT molecular complexity index is 320. The summed E-state index contributed by atoms with van der Waals surface area (Å²) >= 11 is 0. The molecule has 1 fully saturated rings. The van der Waals surface area contributed by atoms with Crippen LogP contribution in [-0.4, -0.2) is 59.9 Å². The highest BCUT2D eigenvalue weighted by molar-refractivity contribution is 5.94. The Labute approximate surface area is 106 Å². The molecule has 6 heteroatoms. The van der Waals surface area contributed by atoms with Crippen molar-refractivity contribution < 1.29 is 24.5 Å². The van der Waals surface area contributed by atoms with Crippen LogP contribution in [-0.2, 0) is 14.3 Å². The topological polar surface area (TPSA) is 87.1 Å². The Hall–Kier alpha value is -1.40. The maximum Gasteiger partial charge on any atom is 0.331 e. The number of hydrogen-bond donors (Lipinski definition) is 2. The summed E-state index contributed by atoms with van der Waals surface area (Å²) < 4.78 is 5.23. The van der Waals surface area contributed by atoms with Gasteiger partial charge in [0.05, 0.1) is 13.2 Å². The summed E-state index contributed by atoms with van der Waals surface area (Å²) in [6.07, 6.45) is 2.62. The summed E-state index contributed by atoms with van der Waals surface area (Å²) in [5, 5.41) is 17.3. The van der Waals surface area contributed by atoms with Gasteiger partial charge in [0.25, 0.3) is 0 Å². The highest BCUT2D eigenvalue weighted by atomic mass is 16.5. The van der Waals surface area contributed by atoms with Crippen LogP contribution >= 0.6 is 0 Å². The van der Waals surface area contributed by atoms with E-state index in [4.69, 9.17) is 14.9 Å². The fourth-order valence-electron chi connectivity index (χ4n) is 1.87. The van der Waals surface area contributed by atoms with E-state index in [0.29, 0.717) is 12.8 Å². The number of carbonyl (C=O) groups is 2. The number of morpholine rings is 1. The van der Waals surface area contributed by atoms with Gasteiger partial charge in [0.1, 0.15) is 0 Å². The number of carboxylic acids is 2. The van der Waals surface area contributed by atoms with Crippen LogP contribution in [0.4, 0.5) is 0 Å². The van der Waals surface area contributed by atoms with Crippen LogP contribution in [0.5, 0.6) is 0 Å². The van der Waals surface area contributed by atoms with Gasteiger partial charge in [-0.15, -0.1) is 0 Å². The molecule has 0 saturated carbocycles. The van der Waals surface area contributed by atoms with Gasteiger partial charge >= 0.3 is 11.9 Å². The summed E-state index contributed by atoms with van der Waals surface area (Å²) in [5.41, 5.74) is -0.0375. The first kappa shape index (κ1) is 14.7. The van der Waals surface area contributed by atoms with E-state index in [1.807, 2.05) is 0 Å². The molecule has 0 aromatic heterocycles. The largest absolute Gasteiger partial charge is 0.478 e. The molecule has 0 spiro atoms. The molecule has 0 atom stereocenters. The molecule has 1 aliphatic rings. The van der Waals surface area contributed by atoms with Gasteiger partial charge in [-0.25, -0.2) is 9.59 Å². The molecule has 102 valence electrons. The molecular formula is C12H19NO5. The second kappa shape index (κ2) is 7.84. The van der Waals surface area contributed by atoms with Crippen LogP contribution in [0.25, 0.3) is 0 Å². The van der Waals surface area contributed by atoms with Crippen molar-refractivity contribution in [2.24, 2.45) is 0 Å². The molecule has 0 radical (unpaired) electrons. The van der Waals surface area contributed by atoms with Crippen molar-refractivity contribution in [1.82, 2.24) is 4.90 Å². The van der Waals surface area contributed by atoms with Crippen LogP contribution < -0.4 is 0 Å². The van der Waals surface area contributed by atoms with E-state index in [1.165, 1.54) is 0 Å². The first-order valence-corrected chi connectivity index (χ1v) is 6.06. The second-order valence-electron chi connectivity index (χ2n) is 4.22. The lowest BCUT2D eigenvalue weighted by Gasteiger charge is -2.26.